The molecule has 29 heavy (non-hydrogen) atoms. The van der Waals surface area contributed by atoms with E-state index in [0.717, 1.165) is 17.5 Å². The van der Waals surface area contributed by atoms with Crippen LogP contribution in [-0.4, -0.2) is 31.2 Å². The third-order valence-corrected chi connectivity index (χ3v) is 8.80. The summed E-state index contributed by atoms with van der Waals surface area (Å²) in [7, 11) is -8.64. The van der Waals surface area contributed by atoms with Crippen molar-refractivity contribution in [1.29, 1.82) is 0 Å². The summed E-state index contributed by atoms with van der Waals surface area (Å²) < 4.78 is 56.1. The monoisotopic (exact) mass is 438 g/mol. The third-order valence-electron chi connectivity index (χ3n) is 4.19. The molecule has 0 amide bonds. The van der Waals surface area contributed by atoms with Crippen LogP contribution in [-0.2, 0) is 30.2 Å². The van der Waals surface area contributed by atoms with Crippen LogP contribution in [0.25, 0.3) is 6.08 Å². The lowest BCUT2D eigenvalue weighted by Crippen LogP contribution is -2.22. The Morgan fingerprint density at radius 1 is 0.966 bits per heavy atom. The molecule has 0 aliphatic heterocycles. The summed E-state index contributed by atoms with van der Waals surface area (Å²) in [5, 5.41) is 0. The maximum atomic E-state index is 12.8. The Morgan fingerprint density at radius 3 is 2.03 bits per heavy atom. The molecule has 0 bridgehead atoms. The molecular weight excluding hydrogens is 411 g/mol. The fraction of sp³-hybridized carbons (Fsp3) is 0.333. The average Bonchev–Trinajstić information content (AvgIpc) is 2.66. The average molecular weight is 438 g/mol. The molecule has 6 nitrogen and oxygen atoms in total. The van der Waals surface area contributed by atoms with Gasteiger partial charge in [-0.25, -0.2) is 0 Å². The second kappa shape index (κ2) is 10.9. The lowest BCUT2D eigenvalue weighted by Gasteiger charge is -2.23. The molecule has 2 aromatic rings. The largest absolute Gasteiger partial charge is 0.351 e. The van der Waals surface area contributed by atoms with Gasteiger partial charge in [0.25, 0.3) is 10.1 Å². The van der Waals surface area contributed by atoms with Gasteiger partial charge in [-0.1, -0.05) is 66.7 Å². The Balaban J connectivity index is 2.09. The van der Waals surface area contributed by atoms with Crippen molar-refractivity contribution in [2.24, 2.45) is 0 Å². The molecule has 1 N–H and O–H groups in total. The highest BCUT2D eigenvalue weighted by atomic mass is 32.2. The van der Waals surface area contributed by atoms with Crippen LogP contribution < -0.4 is 0 Å². The van der Waals surface area contributed by atoms with Gasteiger partial charge in [0.2, 0.25) is 0 Å². The first-order valence-corrected chi connectivity index (χ1v) is 12.5. The molecule has 0 saturated carbocycles. The summed E-state index contributed by atoms with van der Waals surface area (Å²) >= 11 is 0. The summed E-state index contributed by atoms with van der Waals surface area (Å²) in [6, 6.07) is 18.0. The van der Waals surface area contributed by atoms with Crippen molar-refractivity contribution in [1.82, 2.24) is 0 Å². The van der Waals surface area contributed by atoms with Crippen molar-refractivity contribution in [2.75, 3.05) is 13.2 Å². The maximum absolute atomic E-state index is 12.8. The van der Waals surface area contributed by atoms with Gasteiger partial charge in [0.15, 0.2) is 4.99 Å². The topological polar surface area (TPSA) is 89.9 Å². The van der Waals surface area contributed by atoms with Crippen LogP contribution in [0.3, 0.4) is 0 Å². The van der Waals surface area contributed by atoms with Crippen LogP contribution in [0.15, 0.2) is 60.7 Å². The highest BCUT2D eigenvalue weighted by Crippen LogP contribution is 2.56. The normalized spacial score (nSPS) is 13.6. The molecule has 0 heterocycles. The molecule has 0 radical (unpaired) electrons. The molecule has 0 aliphatic rings. The van der Waals surface area contributed by atoms with Crippen LogP contribution >= 0.6 is 7.60 Å². The summed E-state index contributed by atoms with van der Waals surface area (Å²) in [6.07, 6.45) is 3.89. The Bertz CT molecular complexity index is 929. The summed E-state index contributed by atoms with van der Waals surface area (Å²) in [5.74, 6) is 0. The first-order chi connectivity index (χ1) is 13.8. The molecule has 158 valence electrons. The van der Waals surface area contributed by atoms with Gasteiger partial charge in [-0.15, -0.1) is 0 Å². The van der Waals surface area contributed by atoms with Crippen molar-refractivity contribution in [3.63, 3.8) is 0 Å². The van der Waals surface area contributed by atoms with Gasteiger partial charge < -0.3 is 9.05 Å². The molecule has 0 fully saturated rings. The Hall–Kier alpha value is -1.76. The van der Waals surface area contributed by atoms with Gasteiger partial charge in [0.05, 0.1) is 13.2 Å². The van der Waals surface area contributed by atoms with Crippen molar-refractivity contribution in [3.05, 3.63) is 77.4 Å². The zero-order valence-electron chi connectivity index (χ0n) is 16.6. The minimum absolute atomic E-state index is 0.00981. The number of benzene rings is 2. The zero-order chi connectivity index (χ0) is 21.3. The van der Waals surface area contributed by atoms with E-state index in [-0.39, 0.29) is 19.6 Å². The lowest BCUT2D eigenvalue weighted by atomic mass is 10.0. The zero-order valence-corrected chi connectivity index (χ0v) is 18.3. The quantitative estimate of drug-likeness (QED) is 0.385. The van der Waals surface area contributed by atoms with E-state index >= 15 is 0 Å². The fourth-order valence-electron chi connectivity index (χ4n) is 2.88. The van der Waals surface area contributed by atoms with Gasteiger partial charge >= 0.3 is 7.60 Å². The molecule has 2 rings (SSSR count). The van der Waals surface area contributed by atoms with Gasteiger partial charge in [-0.2, -0.15) is 8.42 Å². The highest BCUT2D eigenvalue weighted by Gasteiger charge is 2.43. The van der Waals surface area contributed by atoms with Crippen LogP contribution in [0.4, 0.5) is 0 Å². The smallest absolute Gasteiger partial charge is 0.308 e. The minimum atomic E-state index is -4.63. The van der Waals surface area contributed by atoms with Gasteiger partial charge in [-0.05, 0) is 43.4 Å². The van der Waals surface area contributed by atoms with Crippen molar-refractivity contribution >= 4 is 23.8 Å². The standard InChI is InChI=1S/C21H27O6PS/c1-3-26-28(22,27-4-2)21(29(23,24)25)12-8-11-18-13-15-20(16-14-18)17-19-9-6-5-7-10-19/h5-11,13-16,21H,3-4,12,17H2,1-2H3,(H,23,24,25)/b11-8+. The first kappa shape index (κ1) is 23.5. The second-order valence-electron chi connectivity index (χ2n) is 6.39. The third kappa shape index (κ3) is 7.21. The Morgan fingerprint density at radius 2 is 1.52 bits per heavy atom. The second-order valence-corrected chi connectivity index (χ2v) is 10.6. The molecule has 1 unspecified atom stereocenters. The van der Waals surface area contributed by atoms with Gasteiger partial charge in [0, 0.05) is 0 Å². The Labute approximate surface area is 172 Å². The van der Waals surface area contributed by atoms with E-state index in [2.05, 4.69) is 12.1 Å². The van der Waals surface area contributed by atoms with E-state index in [9.17, 15) is 17.5 Å². The molecule has 8 heteroatoms. The highest BCUT2D eigenvalue weighted by molar-refractivity contribution is 7.94. The van der Waals surface area contributed by atoms with Crippen LogP contribution in [0.5, 0.6) is 0 Å². The molecule has 1 atom stereocenters. The fourth-order valence-corrected chi connectivity index (χ4v) is 6.41. The van der Waals surface area contributed by atoms with E-state index in [1.807, 2.05) is 42.5 Å². The number of rotatable bonds is 11. The molecule has 0 aliphatic carbocycles. The van der Waals surface area contributed by atoms with E-state index in [4.69, 9.17) is 9.05 Å². The van der Waals surface area contributed by atoms with E-state index in [1.54, 1.807) is 26.0 Å². The summed E-state index contributed by atoms with van der Waals surface area (Å²) in [4.78, 5) is -1.66. The van der Waals surface area contributed by atoms with Gasteiger partial charge in [0.1, 0.15) is 0 Å². The van der Waals surface area contributed by atoms with Crippen molar-refractivity contribution < 1.29 is 26.6 Å². The predicted octanol–water partition coefficient (Wildman–Crippen LogP) is 5.16. The predicted molar refractivity (Wildman–Crippen MR) is 116 cm³/mol. The SMILES string of the molecule is CCOP(=O)(OCC)C(C/C=C/c1ccc(Cc2ccccc2)cc1)S(=O)(=O)O. The van der Waals surface area contributed by atoms with Crippen LogP contribution in [0, 0.1) is 0 Å². The lowest BCUT2D eigenvalue weighted by molar-refractivity contribution is 0.216. The summed E-state index contributed by atoms with van der Waals surface area (Å²) in [5.41, 5.74) is 3.23. The summed E-state index contributed by atoms with van der Waals surface area (Å²) in [6.45, 7) is 3.19. The Kier molecular flexibility index (Phi) is 8.80. The van der Waals surface area contributed by atoms with E-state index < -0.39 is 22.7 Å². The van der Waals surface area contributed by atoms with Crippen molar-refractivity contribution in [2.45, 2.75) is 31.7 Å². The number of hydrogen-bond acceptors (Lipinski definition) is 5. The molecule has 2 aromatic carbocycles. The molecule has 0 spiro atoms. The first-order valence-electron chi connectivity index (χ1n) is 9.43. The number of allylic oxidation sites excluding steroid dienone is 1. The van der Waals surface area contributed by atoms with Crippen LogP contribution in [0.2, 0.25) is 0 Å². The minimum Gasteiger partial charge on any atom is -0.308 e. The van der Waals surface area contributed by atoms with Crippen LogP contribution in [0.1, 0.15) is 37.0 Å². The molecule has 0 aromatic heterocycles. The number of hydrogen-bond donors (Lipinski definition) is 1. The van der Waals surface area contributed by atoms with Crippen molar-refractivity contribution in [3.8, 4) is 0 Å². The van der Waals surface area contributed by atoms with Gasteiger partial charge in [-0.3, -0.25) is 9.12 Å². The molecular formula is C21H27O6PS. The maximum Gasteiger partial charge on any atom is 0.351 e. The molecule has 0 saturated heterocycles. The van der Waals surface area contributed by atoms with E-state index in [1.165, 1.54) is 5.56 Å². The van der Waals surface area contributed by atoms with E-state index in [0.29, 0.717) is 0 Å².